The lowest BCUT2D eigenvalue weighted by molar-refractivity contribution is -0.208. The number of esters is 1. The van der Waals surface area contributed by atoms with E-state index in [-0.39, 0.29) is 45.9 Å². The van der Waals surface area contributed by atoms with Gasteiger partial charge in [0.15, 0.2) is 0 Å². The molecule has 0 aliphatic heterocycles. The monoisotopic (exact) mass is 568 g/mol. The van der Waals surface area contributed by atoms with Gasteiger partial charge in [0.25, 0.3) is 0 Å². The lowest BCUT2D eigenvalue weighted by atomic mass is 9.33. The van der Waals surface area contributed by atoms with Crippen molar-refractivity contribution in [2.24, 2.45) is 50.2 Å². The van der Waals surface area contributed by atoms with Gasteiger partial charge in [0.2, 0.25) is 0 Å². The number of rotatable bonds is 4. The molecular weight excluding hydrogens is 516 g/mol. The molecule has 41 heavy (non-hydrogen) atoms. The highest BCUT2D eigenvalue weighted by atomic mass is 16.5. The van der Waals surface area contributed by atoms with Gasteiger partial charge in [0.05, 0.1) is 12.0 Å². The molecule has 6 heteroatoms. The minimum absolute atomic E-state index is 0.0560. The second-order valence-corrected chi connectivity index (χ2v) is 16.4. The molecule has 4 fully saturated rings. The van der Waals surface area contributed by atoms with Crippen LogP contribution >= 0.6 is 0 Å². The number of aliphatic hydroxyl groups is 1. The molecule has 2 N–H and O–H groups in total. The molecular formula is C35H52O6. The second kappa shape index (κ2) is 9.53. The van der Waals surface area contributed by atoms with E-state index in [0.717, 1.165) is 44.1 Å². The molecule has 0 aromatic rings. The minimum atomic E-state index is -1.14. The molecule has 0 unspecified atom stereocenters. The molecule has 5 aliphatic carbocycles. The molecule has 5 aliphatic rings. The van der Waals surface area contributed by atoms with Crippen LogP contribution in [0.2, 0.25) is 0 Å². The molecule has 6 nitrogen and oxygen atoms in total. The number of carboxylic acids is 1. The standard InChI is InChI=1S/C35H52O6/c1-21(2)17-28(38)41-27-19-30(3,4)18-23-22-9-10-25-31(5)13-12-26(37)32(6,20-36)24(31)11-14-34(25,8)33(22,7)15-16-35(23,27)29(39)40/h9,17,23-25,27,36H,10-16,18-20H2,1-8H3,(H,39,40)/t23-,24-,25-,27-,31+,32-,33-,34-,35+/m1/s1. The fourth-order valence-electron chi connectivity index (χ4n) is 11.2. The normalized spacial score (nSPS) is 46.6. The Balaban J connectivity index is 1.60. The van der Waals surface area contributed by atoms with Gasteiger partial charge in [-0.15, -0.1) is 0 Å². The van der Waals surface area contributed by atoms with Gasteiger partial charge in [0, 0.05) is 18.4 Å². The molecule has 228 valence electrons. The zero-order chi connectivity index (χ0) is 30.4. The first-order valence-electron chi connectivity index (χ1n) is 15.8. The van der Waals surface area contributed by atoms with Crippen LogP contribution in [0.25, 0.3) is 0 Å². The van der Waals surface area contributed by atoms with Crippen molar-refractivity contribution in [1.29, 1.82) is 0 Å². The van der Waals surface area contributed by atoms with Gasteiger partial charge < -0.3 is 14.9 Å². The summed E-state index contributed by atoms with van der Waals surface area (Å²) in [6, 6.07) is 0. The molecule has 0 amide bonds. The molecule has 0 saturated heterocycles. The van der Waals surface area contributed by atoms with E-state index in [1.54, 1.807) is 0 Å². The Morgan fingerprint density at radius 3 is 2.29 bits per heavy atom. The summed E-state index contributed by atoms with van der Waals surface area (Å²) in [5.74, 6) is -0.801. The molecule has 0 aromatic carbocycles. The number of allylic oxidation sites excluding steroid dienone is 3. The van der Waals surface area contributed by atoms with Crippen LogP contribution in [0.15, 0.2) is 23.3 Å². The number of aliphatic hydroxyl groups excluding tert-OH is 1. The zero-order valence-electron chi connectivity index (χ0n) is 26.6. The maximum Gasteiger partial charge on any atom is 0.330 e. The molecule has 0 bridgehead atoms. The van der Waals surface area contributed by atoms with E-state index < -0.39 is 28.9 Å². The van der Waals surface area contributed by atoms with Crippen molar-refractivity contribution in [2.75, 3.05) is 6.61 Å². The van der Waals surface area contributed by atoms with Gasteiger partial charge in [-0.25, -0.2) is 4.79 Å². The molecule has 0 radical (unpaired) electrons. The summed E-state index contributed by atoms with van der Waals surface area (Å²) >= 11 is 0. The number of fused-ring (bicyclic) bond motifs is 7. The molecule has 0 aromatic heterocycles. The van der Waals surface area contributed by atoms with Gasteiger partial charge in [0.1, 0.15) is 17.3 Å². The molecule has 9 atom stereocenters. The number of ether oxygens (including phenoxy) is 1. The Morgan fingerprint density at radius 1 is 1.00 bits per heavy atom. The Hall–Kier alpha value is -1.95. The molecule has 0 heterocycles. The quantitative estimate of drug-likeness (QED) is 0.217. The van der Waals surface area contributed by atoms with E-state index in [2.05, 4.69) is 40.7 Å². The highest BCUT2D eigenvalue weighted by Crippen LogP contribution is 2.75. The van der Waals surface area contributed by atoms with E-state index in [0.29, 0.717) is 25.2 Å². The summed E-state index contributed by atoms with van der Waals surface area (Å²) in [5.41, 5.74) is -0.220. The first kappa shape index (κ1) is 30.5. The second-order valence-electron chi connectivity index (χ2n) is 16.4. The Kier molecular flexibility index (Phi) is 7.09. The fraction of sp³-hybridized carbons (Fsp3) is 0.800. The maximum absolute atomic E-state index is 13.4. The van der Waals surface area contributed by atoms with Crippen LogP contribution in [0.5, 0.6) is 0 Å². The Labute approximate surface area is 246 Å². The molecule has 0 spiro atoms. The van der Waals surface area contributed by atoms with Crippen molar-refractivity contribution in [2.45, 2.75) is 119 Å². The summed E-state index contributed by atoms with van der Waals surface area (Å²) < 4.78 is 6.07. The Morgan fingerprint density at radius 2 is 1.68 bits per heavy atom. The summed E-state index contributed by atoms with van der Waals surface area (Å²) in [6.07, 6.45) is 9.78. The third kappa shape index (κ3) is 4.08. The third-order valence-corrected chi connectivity index (χ3v) is 13.6. The molecule has 4 saturated carbocycles. The number of carbonyl (C=O) groups is 3. The van der Waals surface area contributed by atoms with E-state index in [9.17, 15) is 24.6 Å². The zero-order valence-corrected chi connectivity index (χ0v) is 26.6. The number of hydrogen-bond donors (Lipinski definition) is 2. The average molecular weight is 569 g/mol. The number of aliphatic carboxylic acids is 1. The highest BCUT2D eigenvalue weighted by molar-refractivity contribution is 5.86. The van der Waals surface area contributed by atoms with Gasteiger partial charge in [-0.05, 0) is 98.7 Å². The summed E-state index contributed by atoms with van der Waals surface area (Å²) in [6.45, 7) is 17.1. The summed E-state index contributed by atoms with van der Waals surface area (Å²) in [5, 5.41) is 21.4. The topological polar surface area (TPSA) is 101 Å². The van der Waals surface area contributed by atoms with Crippen LogP contribution in [0.3, 0.4) is 0 Å². The van der Waals surface area contributed by atoms with Crippen LogP contribution in [0.4, 0.5) is 0 Å². The van der Waals surface area contributed by atoms with Crippen LogP contribution in [-0.4, -0.2) is 40.6 Å². The predicted octanol–water partition coefficient (Wildman–Crippen LogP) is 6.90. The lowest BCUT2D eigenvalue weighted by Gasteiger charge is -2.70. The van der Waals surface area contributed by atoms with E-state index in [1.807, 2.05) is 20.8 Å². The van der Waals surface area contributed by atoms with Crippen LogP contribution < -0.4 is 0 Å². The third-order valence-electron chi connectivity index (χ3n) is 13.6. The van der Waals surface area contributed by atoms with Gasteiger partial charge in [-0.3, -0.25) is 9.59 Å². The van der Waals surface area contributed by atoms with Crippen molar-refractivity contribution >= 4 is 17.7 Å². The lowest BCUT2D eigenvalue weighted by Crippen LogP contribution is -2.67. The van der Waals surface area contributed by atoms with Crippen molar-refractivity contribution in [1.82, 2.24) is 0 Å². The number of Topliss-reactive ketones (excluding diaryl/α,β-unsaturated/α-hetero) is 1. The average Bonchev–Trinajstić information content (AvgIpc) is 2.85. The maximum atomic E-state index is 13.4. The summed E-state index contributed by atoms with van der Waals surface area (Å²) in [7, 11) is 0. The SMILES string of the molecule is CC(C)=CC(=O)O[C@@H]1CC(C)(C)C[C@@H]2C3=CC[C@@H]4[C@@]5(C)CCC(=O)[C@](C)(CO)[C@@H]5CC[C@@]4(C)[C@]3(C)CC[C@]21C(=O)O. The van der Waals surface area contributed by atoms with Crippen LogP contribution in [0, 0.1) is 50.2 Å². The number of ketones is 1. The van der Waals surface area contributed by atoms with Crippen molar-refractivity contribution < 1.29 is 29.3 Å². The first-order valence-corrected chi connectivity index (χ1v) is 15.8. The number of carbonyl (C=O) groups excluding carboxylic acids is 2. The van der Waals surface area contributed by atoms with Crippen molar-refractivity contribution in [3.63, 3.8) is 0 Å². The molecule has 5 rings (SSSR count). The van der Waals surface area contributed by atoms with Crippen LogP contribution in [0.1, 0.15) is 113 Å². The van der Waals surface area contributed by atoms with Crippen molar-refractivity contribution in [3.05, 3.63) is 23.3 Å². The first-order chi connectivity index (χ1) is 18.9. The number of carboxylic acid groups (broad SMARTS) is 1. The summed E-state index contributed by atoms with van der Waals surface area (Å²) in [4.78, 5) is 39.3. The number of hydrogen-bond acceptors (Lipinski definition) is 5. The van der Waals surface area contributed by atoms with Crippen LogP contribution in [-0.2, 0) is 19.1 Å². The van der Waals surface area contributed by atoms with Gasteiger partial charge >= 0.3 is 11.9 Å². The van der Waals surface area contributed by atoms with E-state index >= 15 is 0 Å². The fourth-order valence-corrected chi connectivity index (χ4v) is 11.2. The van der Waals surface area contributed by atoms with Gasteiger partial charge in [-0.1, -0.05) is 58.8 Å². The minimum Gasteiger partial charge on any atom is -0.481 e. The van der Waals surface area contributed by atoms with Crippen molar-refractivity contribution in [3.8, 4) is 0 Å². The Bertz CT molecular complexity index is 1210. The van der Waals surface area contributed by atoms with E-state index in [4.69, 9.17) is 4.74 Å². The highest BCUT2D eigenvalue weighted by Gasteiger charge is 2.71. The predicted molar refractivity (Wildman–Crippen MR) is 158 cm³/mol. The van der Waals surface area contributed by atoms with E-state index in [1.165, 1.54) is 11.6 Å². The smallest absolute Gasteiger partial charge is 0.330 e. The largest absolute Gasteiger partial charge is 0.481 e. The van der Waals surface area contributed by atoms with Gasteiger partial charge in [-0.2, -0.15) is 0 Å².